The lowest BCUT2D eigenvalue weighted by Gasteiger charge is -2.34. The highest BCUT2D eigenvalue weighted by atomic mass is 16.4. The maximum Gasteiger partial charge on any atom is 0.336 e. The van der Waals surface area contributed by atoms with E-state index in [0.29, 0.717) is 54.5 Å². The van der Waals surface area contributed by atoms with Crippen molar-refractivity contribution >= 4 is 28.6 Å². The SMILES string of the molecule is Cc1cc(C(=O)N2CCN(C(=O)Nc3ccc4c(C)cc(=O)oc4c3)CC2)c(C)o1. The van der Waals surface area contributed by atoms with E-state index in [1.54, 1.807) is 34.9 Å². The van der Waals surface area contributed by atoms with Crippen LogP contribution >= 0.6 is 0 Å². The number of anilines is 1. The van der Waals surface area contributed by atoms with Crippen molar-refractivity contribution in [2.24, 2.45) is 0 Å². The summed E-state index contributed by atoms with van der Waals surface area (Å²) in [5.41, 5.74) is 1.94. The number of fused-ring (bicyclic) bond motifs is 1. The Morgan fingerprint density at radius 3 is 2.30 bits per heavy atom. The minimum atomic E-state index is -0.424. The topological polar surface area (TPSA) is 96.0 Å². The summed E-state index contributed by atoms with van der Waals surface area (Å²) in [4.78, 5) is 40.3. The summed E-state index contributed by atoms with van der Waals surface area (Å²) in [6, 6.07) is 8.16. The Labute approximate surface area is 173 Å². The number of furan rings is 1. The van der Waals surface area contributed by atoms with Crippen LogP contribution in [0.15, 0.2) is 44.0 Å². The van der Waals surface area contributed by atoms with Gasteiger partial charge in [0.2, 0.25) is 0 Å². The Morgan fingerprint density at radius 2 is 1.63 bits per heavy atom. The van der Waals surface area contributed by atoms with Crippen molar-refractivity contribution in [1.82, 2.24) is 9.80 Å². The van der Waals surface area contributed by atoms with Crippen molar-refractivity contribution in [3.05, 3.63) is 63.4 Å². The third kappa shape index (κ3) is 3.80. The zero-order valence-electron chi connectivity index (χ0n) is 17.2. The summed E-state index contributed by atoms with van der Waals surface area (Å²) in [7, 11) is 0. The molecule has 0 spiro atoms. The smallest absolute Gasteiger partial charge is 0.336 e. The van der Waals surface area contributed by atoms with E-state index in [4.69, 9.17) is 8.83 Å². The number of carbonyl (C=O) groups is 2. The van der Waals surface area contributed by atoms with E-state index in [9.17, 15) is 14.4 Å². The van der Waals surface area contributed by atoms with Crippen LogP contribution in [0.25, 0.3) is 11.0 Å². The Hall–Kier alpha value is -3.55. The predicted octanol–water partition coefficient (Wildman–Crippen LogP) is 3.30. The summed E-state index contributed by atoms with van der Waals surface area (Å²) in [5, 5.41) is 3.66. The van der Waals surface area contributed by atoms with Crippen LogP contribution in [0, 0.1) is 20.8 Å². The number of hydrogen-bond acceptors (Lipinski definition) is 5. The lowest BCUT2D eigenvalue weighted by atomic mass is 10.1. The number of rotatable bonds is 2. The maximum atomic E-state index is 12.7. The van der Waals surface area contributed by atoms with E-state index in [0.717, 1.165) is 10.9 Å². The fraction of sp³-hybridized carbons (Fsp3) is 0.318. The summed E-state index contributed by atoms with van der Waals surface area (Å²) >= 11 is 0. The van der Waals surface area contributed by atoms with Gasteiger partial charge in [0.15, 0.2) is 0 Å². The number of amides is 3. The highest BCUT2D eigenvalue weighted by Crippen LogP contribution is 2.21. The molecule has 0 aliphatic carbocycles. The molecule has 2 aromatic heterocycles. The van der Waals surface area contributed by atoms with Gasteiger partial charge in [-0.25, -0.2) is 9.59 Å². The summed E-state index contributed by atoms with van der Waals surface area (Å²) in [5.74, 6) is 1.23. The van der Waals surface area contributed by atoms with Gasteiger partial charge in [0.25, 0.3) is 5.91 Å². The lowest BCUT2D eigenvalue weighted by Crippen LogP contribution is -2.51. The van der Waals surface area contributed by atoms with Gasteiger partial charge in [-0.05, 0) is 44.5 Å². The van der Waals surface area contributed by atoms with Gasteiger partial charge in [-0.15, -0.1) is 0 Å². The maximum absolute atomic E-state index is 12.7. The van der Waals surface area contributed by atoms with E-state index < -0.39 is 5.63 Å². The first-order valence-electron chi connectivity index (χ1n) is 9.78. The molecule has 0 saturated carbocycles. The van der Waals surface area contributed by atoms with Crippen LogP contribution in [-0.2, 0) is 0 Å². The van der Waals surface area contributed by atoms with Crippen LogP contribution in [0.2, 0.25) is 0 Å². The molecule has 3 amide bonds. The number of carbonyl (C=O) groups excluding carboxylic acids is 2. The average Bonchev–Trinajstić information content (AvgIpc) is 3.05. The Balaban J connectivity index is 1.40. The van der Waals surface area contributed by atoms with E-state index in [2.05, 4.69) is 5.32 Å². The Kier molecular flexibility index (Phi) is 5.07. The summed E-state index contributed by atoms with van der Waals surface area (Å²) in [6.07, 6.45) is 0. The molecule has 1 fully saturated rings. The molecule has 0 atom stereocenters. The lowest BCUT2D eigenvalue weighted by molar-refractivity contribution is 0.0670. The first-order valence-corrected chi connectivity index (χ1v) is 9.78. The van der Waals surface area contributed by atoms with Gasteiger partial charge in [0.05, 0.1) is 5.56 Å². The van der Waals surface area contributed by atoms with Crippen molar-refractivity contribution in [1.29, 1.82) is 0 Å². The number of aryl methyl sites for hydroxylation is 3. The monoisotopic (exact) mass is 409 g/mol. The standard InChI is InChI=1S/C22H23N3O5/c1-13-10-20(26)30-19-12-16(4-5-17(13)19)23-22(28)25-8-6-24(7-9-25)21(27)18-11-14(2)29-15(18)3/h4-5,10-12H,6-9H2,1-3H3,(H,23,28). The summed E-state index contributed by atoms with van der Waals surface area (Å²) in [6.45, 7) is 7.17. The molecule has 1 N–H and O–H groups in total. The second-order valence-corrected chi connectivity index (χ2v) is 7.50. The van der Waals surface area contributed by atoms with Crippen LogP contribution in [0.5, 0.6) is 0 Å². The van der Waals surface area contributed by atoms with Crippen molar-refractivity contribution in [2.45, 2.75) is 20.8 Å². The van der Waals surface area contributed by atoms with Crippen molar-refractivity contribution < 1.29 is 18.4 Å². The fourth-order valence-electron chi connectivity index (χ4n) is 3.73. The van der Waals surface area contributed by atoms with Crippen LogP contribution in [0.3, 0.4) is 0 Å². The molecule has 0 bridgehead atoms. The zero-order chi connectivity index (χ0) is 21.4. The molecule has 0 unspecified atom stereocenters. The average molecular weight is 409 g/mol. The van der Waals surface area contributed by atoms with Gasteiger partial charge < -0.3 is 24.0 Å². The van der Waals surface area contributed by atoms with E-state index in [1.807, 2.05) is 19.9 Å². The molecule has 30 heavy (non-hydrogen) atoms. The molecule has 1 aliphatic heterocycles. The van der Waals surface area contributed by atoms with Gasteiger partial charge in [0, 0.05) is 49.4 Å². The highest BCUT2D eigenvalue weighted by Gasteiger charge is 2.27. The second-order valence-electron chi connectivity index (χ2n) is 7.50. The molecule has 1 aromatic carbocycles. The van der Waals surface area contributed by atoms with Gasteiger partial charge in [0.1, 0.15) is 17.1 Å². The number of hydrogen-bond donors (Lipinski definition) is 1. The zero-order valence-corrected chi connectivity index (χ0v) is 17.2. The number of nitrogens with one attached hydrogen (secondary N) is 1. The summed E-state index contributed by atoms with van der Waals surface area (Å²) < 4.78 is 10.7. The molecule has 4 rings (SSSR count). The van der Waals surface area contributed by atoms with Crippen LogP contribution < -0.4 is 10.9 Å². The predicted molar refractivity (Wildman–Crippen MR) is 112 cm³/mol. The molecule has 1 aliphatic rings. The molecule has 8 heteroatoms. The molecule has 156 valence electrons. The molecular weight excluding hydrogens is 386 g/mol. The minimum Gasteiger partial charge on any atom is -0.466 e. The third-order valence-electron chi connectivity index (χ3n) is 5.33. The number of urea groups is 1. The van der Waals surface area contributed by atoms with E-state index in [-0.39, 0.29) is 11.9 Å². The normalized spacial score (nSPS) is 14.2. The Bertz CT molecular complexity index is 1190. The highest BCUT2D eigenvalue weighted by molar-refractivity contribution is 5.96. The van der Waals surface area contributed by atoms with Crippen molar-refractivity contribution in [3.8, 4) is 0 Å². The van der Waals surface area contributed by atoms with Crippen LogP contribution in [0.1, 0.15) is 27.4 Å². The van der Waals surface area contributed by atoms with Gasteiger partial charge >= 0.3 is 11.7 Å². The second kappa shape index (κ2) is 7.70. The number of nitrogens with zero attached hydrogens (tertiary/aromatic N) is 2. The minimum absolute atomic E-state index is 0.0793. The van der Waals surface area contributed by atoms with Gasteiger partial charge in [-0.3, -0.25) is 4.79 Å². The first kappa shape index (κ1) is 19.8. The van der Waals surface area contributed by atoms with Crippen molar-refractivity contribution in [2.75, 3.05) is 31.5 Å². The molecule has 1 saturated heterocycles. The van der Waals surface area contributed by atoms with Gasteiger partial charge in [-0.1, -0.05) is 0 Å². The largest absolute Gasteiger partial charge is 0.466 e. The molecule has 3 heterocycles. The van der Waals surface area contributed by atoms with Crippen molar-refractivity contribution in [3.63, 3.8) is 0 Å². The quantitative estimate of drug-likeness (QED) is 0.655. The van der Waals surface area contributed by atoms with Crippen LogP contribution in [-0.4, -0.2) is 47.9 Å². The Morgan fingerprint density at radius 1 is 0.933 bits per heavy atom. The van der Waals surface area contributed by atoms with E-state index in [1.165, 1.54) is 6.07 Å². The third-order valence-corrected chi connectivity index (χ3v) is 5.33. The van der Waals surface area contributed by atoms with E-state index >= 15 is 0 Å². The first-order chi connectivity index (χ1) is 14.3. The molecule has 8 nitrogen and oxygen atoms in total. The molecular formula is C22H23N3O5. The fourth-order valence-corrected chi connectivity index (χ4v) is 3.73. The number of benzene rings is 1. The van der Waals surface area contributed by atoms with Gasteiger partial charge in [-0.2, -0.15) is 0 Å². The molecule has 3 aromatic rings. The van der Waals surface area contributed by atoms with Crippen LogP contribution in [0.4, 0.5) is 10.5 Å². The molecule has 0 radical (unpaired) electrons. The number of piperazine rings is 1.